The molecule has 0 saturated carbocycles. The largest absolute Gasteiger partial charge is 0.318 e. The summed E-state index contributed by atoms with van der Waals surface area (Å²) in [5, 5.41) is 0. The summed E-state index contributed by atoms with van der Waals surface area (Å²) in [6, 6.07) is 7.71. The molecule has 0 aliphatic heterocycles. The molecule has 0 unspecified atom stereocenters. The molecule has 23 heavy (non-hydrogen) atoms. The third kappa shape index (κ3) is 4.25. The van der Waals surface area contributed by atoms with Crippen LogP contribution in [0.4, 0.5) is 0 Å². The van der Waals surface area contributed by atoms with E-state index in [1.807, 2.05) is 48.9 Å². The number of aryl methyl sites for hydroxylation is 1. The van der Waals surface area contributed by atoms with Crippen LogP contribution < -0.4 is 10.9 Å². The maximum Gasteiger partial charge on any atom is 0.258 e. The molecule has 6 nitrogen and oxygen atoms in total. The minimum Gasteiger partial charge on any atom is -0.318 e. The van der Waals surface area contributed by atoms with Crippen molar-refractivity contribution in [2.45, 2.75) is 26.8 Å². The summed E-state index contributed by atoms with van der Waals surface area (Å²) >= 11 is 1.60. The number of hydrogen-bond donors (Lipinski definition) is 2. The molecule has 1 aromatic heterocycles. The molecule has 2 N–H and O–H groups in total. The molecule has 124 valence electrons. The van der Waals surface area contributed by atoms with E-state index in [0.29, 0.717) is 5.75 Å². The van der Waals surface area contributed by atoms with Crippen LogP contribution in [-0.2, 0) is 22.6 Å². The number of para-hydroxylation sites is 2. The molecule has 0 fully saturated rings. The summed E-state index contributed by atoms with van der Waals surface area (Å²) in [6.07, 6.45) is 2.68. The molecule has 7 heteroatoms. The van der Waals surface area contributed by atoms with Crippen molar-refractivity contribution in [3.63, 3.8) is 0 Å². The third-order valence-corrected chi connectivity index (χ3v) is 4.37. The first-order valence-electron chi connectivity index (χ1n) is 7.58. The van der Waals surface area contributed by atoms with Crippen LogP contribution >= 0.6 is 11.8 Å². The lowest BCUT2D eigenvalue weighted by molar-refractivity contribution is -0.130. The highest BCUT2D eigenvalue weighted by atomic mass is 32.2. The Kier molecular flexibility index (Phi) is 6.04. The van der Waals surface area contributed by atoms with Gasteiger partial charge in [0.1, 0.15) is 12.4 Å². The van der Waals surface area contributed by atoms with Crippen LogP contribution in [0.5, 0.6) is 0 Å². The first-order chi connectivity index (χ1) is 11.1. The Morgan fingerprint density at radius 1 is 1.30 bits per heavy atom. The van der Waals surface area contributed by atoms with Crippen molar-refractivity contribution >= 4 is 34.6 Å². The van der Waals surface area contributed by atoms with E-state index in [9.17, 15) is 9.59 Å². The molecule has 2 rings (SSSR count). The first-order valence-corrected chi connectivity index (χ1v) is 8.98. The normalized spacial score (nSPS) is 12.1. The van der Waals surface area contributed by atoms with Gasteiger partial charge in [-0.3, -0.25) is 20.4 Å². The average molecular weight is 334 g/mol. The Bertz CT molecular complexity index is 698. The van der Waals surface area contributed by atoms with Gasteiger partial charge in [0, 0.05) is 18.1 Å². The highest BCUT2D eigenvalue weighted by Crippen LogP contribution is 2.16. The van der Waals surface area contributed by atoms with E-state index < -0.39 is 0 Å². The van der Waals surface area contributed by atoms with Crippen LogP contribution in [0.1, 0.15) is 19.7 Å². The average Bonchev–Trinajstić information content (AvgIpc) is 2.90. The van der Waals surface area contributed by atoms with E-state index >= 15 is 0 Å². The molecular formula is C16H22N4O2S. The smallest absolute Gasteiger partial charge is 0.258 e. The summed E-state index contributed by atoms with van der Waals surface area (Å²) in [6.45, 7) is 3.96. The standard InChI is InChI=1S/C16H22N4O2S/c1-4-14-17-12-7-5-6-8-13(12)20(14)9-15(21)18-19-16(22)11(2)10-23-3/h5-8,11H,4,9-10H2,1-3H3,(H,18,21)(H,19,22)/t11-/m1/s1. The Morgan fingerprint density at radius 2 is 2.04 bits per heavy atom. The van der Waals surface area contributed by atoms with Gasteiger partial charge >= 0.3 is 0 Å². The second-order valence-corrected chi connectivity index (χ2v) is 6.26. The maximum absolute atomic E-state index is 12.1. The molecule has 1 aromatic carbocycles. The number of nitrogens with one attached hydrogen (secondary N) is 2. The van der Waals surface area contributed by atoms with Crippen LogP contribution in [-0.4, -0.2) is 33.4 Å². The molecule has 0 aliphatic carbocycles. The highest BCUT2D eigenvalue weighted by Gasteiger charge is 2.15. The number of nitrogens with zero attached hydrogens (tertiary/aromatic N) is 2. The Balaban J connectivity index is 2.02. The first kappa shape index (κ1) is 17.3. The van der Waals surface area contributed by atoms with Gasteiger partial charge in [-0.15, -0.1) is 0 Å². The number of fused-ring (bicyclic) bond motifs is 1. The SMILES string of the molecule is CCc1nc2ccccc2n1CC(=O)NNC(=O)[C@H](C)CSC. The predicted molar refractivity (Wildman–Crippen MR) is 92.9 cm³/mol. The van der Waals surface area contributed by atoms with Gasteiger partial charge in [-0.05, 0) is 18.4 Å². The van der Waals surface area contributed by atoms with Crippen molar-refractivity contribution in [3.8, 4) is 0 Å². The number of hydrogen-bond acceptors (Lipinski definition) is 4. The zero-order valence-corrected chi connectivity index (χ0v) is 14.4. The lowest BCUT2D eigenvalue weighted by Gasteiger charge is -2.13. The number of rotatable bonds is 6. The number of amides is 2. The van der Waals surface area contributed by atoms with Gasteiger partial charge in [0.05, 0.1) is 11.0 Å². The van der Waals surface area contributed by atoms with Crippen LogP contribution in [0.15, 0.2) is 24.3 Å². The van der Waals surface area contributed by atoms with Crippen molar-refractivity contribution in [2.75, 3.05) is 12.0 Å². The van der Waals surface area contributed by atoms with Crippen molar-refractivity contribution in [3.05, 3.63) is 30.1 Å². The van der Waals surface area contributed by atoms with Gasteiger partial charge in [0.15, 0.2) is 0 Å². The fourth-order valence-corrected chi connectivity index (χ4v) is 2.99. The van der Waals surface area contributed by atoms with Crippen molar-refractivity contribution in [2.24, 2.45) is 5.92 Å². The third-order valence-electron chi connectivity index (χ3n) is 3.54. The number of imidazole rings is 1. The van der Waals surface area contributed by atoms with Gasteiger partial charge < -0.3 is 4.57 Å². The molecular weight excluding hydrogens is 312 g/mol. The molecule has 0 spiro atoms. The van der Waals surface area contributed by atoms with Gasteiger partial charge in [-0.1, -0.05) is 26.0 Å². The summed E-state index contributed by atoms with van der Waals surface area (Å²) in [4.78, 5) is 28.5. The zero-order chi connectivity index (χ0) is 16.8. The molecule has 0 radical (unpaired) electrons. The molecule has 1 heterocycles. The monoisotopic (exact) mass is 334 g/mol. The van der Waals surface area contributed by atoms with E-state index in [0.717, 1.165) is 23.3 Å². The van der Waals surface area contributed by atoms with E-state index in [1.54, 1.807) is 11.8 Å². The van der Waals surface area contributed by atoms with Gasteiger partial charge in [0.25, 0.3) is 5.91 Å². The van der Waals surface area contributed by atoms with Gasteiger partial charge in [0.2, 0.25) is 5.91 Å². The Hall–Kier alpha value is -2.02. The minimum atomic E-state index is -0.271. The fraction of sp³-hybridized carbons (Fsp3) is 0.438. The van der Waals surface area contributed by atoms with Crippen LogP contribution in [0.3, 0.4) is 0 Å². The lowest BCUT2D eigenvalue weighted by Crippen LogP contribution is -2.45. The van der Waals surface area contributed by atoms with Gasteiger partial charge in [-0.25, -0.2) is 4.98 Å². The predicted octanol–water partition coefficient (Wildman–Crippen LogP) is 1.75. The fourth-order valence-electron chi connectivity index (χ4n) is 2.34. The second-order valence-electron chi connectivity index (χ2n) is 5.35. The minimum absolute atomic E-state index is 0.126. The van der Waals surface area contributed by atoms with Gasteiger partial charge in [-0.2, -0.15) is 11.8 Å². The number of benzene rings is 1. The Labute approximate surface area is 140 Å². The second kappa shape index (κ2) is 8.01. The van der Waals surface area contributed by atoms with E-state index in [1.165, 1.54) is 0 Å². The number of aromatic nitrogens is 2. The molecule has 0 saturated heterocycles. The summed E-state index contributed by atoms with van der Waals surface area (Å²) in [7, 11) is 0. The quantitative estimate of drug-likeness (QED) is 0.789. The molecule has 2 amide bonds. The Morgan fingerprint density at radius 3 is 2.74 bits per heavy atom. The number of carbonyl (C=O) groups excluding carboxylic acids is 2. The number of hydrazine groups is 1. The maximum atomic E-state index is 12.1. The summed E-state index contributed by atoms with van der Waals surface area (Å²) in [5.41, 5.74) is 6.75. The van der Waals surface area contributed by atoms with Crippen LogP contribution in [0, 0.1) is 5.92 Å². The number of carbonyl (C=O) groups is 2. The molecule has 0 bridgehead atoms. The highest BCUT2D eigenvalue weighted by molar-refractivity contribution is 7.98. The van der Waals surface area contributed by atoms with Crippen LogP contribution in [0.2, 0.25) is 0 Å². The molecule has 2 aromatic rings. The number of thioether (sulfide) groups is 1. The lowest BCUT2D eigenvalue weighted by atomic mass is 10.2. The zero-order valence-electron chi connectivity index (χ0n) is 13.6. The van der Waals surface area contributed by atoms with Crippen LogP contribution in [0.25, 0.3) is 11.0 Å². The molecule has 1 atom stereocenters. The van der Waals surface area contributed by atoms with Crippen molar-refractivity contribution < 1.29 is 9.59 Å². The van der Waals surface area contributed by atoms with E-state index in [-0.39, 0.29) is 24.3 Å². The summed E-state index contributed by atoms with van der Waals surface area (Å²) in [5.74, 6) is 0.967. The molecule has 0 aliphatic rings. The van der Waals surface area contributed by atoms with E-state index in [2.05, 4.69) is 15.8 Å². The van der Waals surface area contributed by atoms with Crippen molar-refractivity contribution in [1.29, 1.82) is 0 Å². The van der Waals surface area contributed by atoms with Crippen molar-refractivity contribution in [1.82, 2.24) is 20.4 Å². The summed E-state index contributed by atoms with van der Waals surface area (Å²) < 4.78 is 1.88. The van der Waals surface area contributed by atoms with E-state index in [4.69, 9.17) is 0 Å². The topological polar surface area (TPSA) is 76.0 Å².